The number of benzene rings is 3. The second kappa shape index (κ2) is 9.61. The number of hydrogen-bond donors (Lipinski definition) is 2. The van der Waals surface area contributed by atoms with Gasteiger partial charge in [0, 0.05) is 28.0 Å². The number of amides is 2. The lowest BCUT2D eigenvalue weighted by atomic mass is 10.2. The maximum atomic E-state index is 12.3. The summed E-state index contributed by atoms with van der Waals surface area (Å²) in [6.45, 7) is -0.161. The van der Waals surface area contributed by atoms with E-state index in [1.807, 2.05) is 0 Å². The van der Waals surface area contributed by atoms with Crippen LogP contribution in [0.4, 0.5) is 11.4 Å². The largest absolute Gasteiger partial charge is 0.497 e. The van der Waals surface area contributed by atoms with Crippen LogP contribution in [0.15, 0.2) is 72.8 Å². The van der Waals surface area contributed by atoms with Gasteiger partial charge in [-0.3, -0.25) is 9.59 Å². The third-order valence-corrected chi connectivity index (χ3v) is 4.16. The van der Waals surface area contributed by atoms with E-state index in [0.717, 1.165) is 0 Å². The fourth-order valence-electron chi connectivity index (χ4n) is 2.52. The van der Waals surface area contributed by atoms with Crippen LogP contribution in [0.1, 0.15) is 10.4 Å². The van der Waals surface area contributed by atoms with Crippen LogP contribution in [0.3, 0.4) is 0 Å². The summed E-state index contributed by atoms with van der Waals surface area (Å²) < 4.78 is 10.6. The van der Waals surface area contributed by atoms with E-state index in [1.165, 1.54) is 0 Å². The van der Waals surface area contributed by atoms with Gasteiger partial charge in [-0.05, 0) is 54.6 Å². The number of ether oxygens (including phenoxy) is 2. The normalized spacial score (nSPS) is 10.1. The van der Waals surface area contributed by atoms with Gasteiger partial charge in [0.15, 0.2) is 6.61 Å². The lowest BCUT2D eigenvalue weighted by Crippen LogP contribution is -2.20. The number of nitrogens with one attached hydrogen (secondary N) is 2. The highest BCUT2D eigenvalue weighted by molar-refractivity contribution is 6.31. The van der Waals surface area contributed by atoms with E-state index in [-0.39, 0.29) is 18.4 Å². The van der Waals surface area contributed by atoms with Gasteiger partial charge in [-0.15, -0.1) is 0 Å². The number of rotatable bonds is 7. The number of carbonyl (C=O) groups is 2. The van der Waals surface area contributed by atoms with Crippen molar-refractivity contribution in [3.05, 3.63) is 83.4 Å². The average Bonchev–Trinajstić information content (AvgIpc) is 2.73. The Bertz CT molecular complexity index is 1010. The summed E-state index contributed by atoms with van der Waals surface area (Å²) in [4.78, 5) is 24.3. The highest BCUT2D eigenvalue weighted by atomic mass is 35.5. The minimum atomic E-state index is -0.305. The summed E-state index contributed by atoms with van der Waals surface area (Å²) >= 11 is 5.91. The molecule has 0 heterocycles. The van der Waals surface area contributed by atoms with E-state index in [4.69, 9.17) is 21.1 Å². The molecule has 0 aliphatic rings. The molecule has 0 saturated heterocycles. The Labute approximate surface area is 173 Å². The molecule has 2 N–H and O–H groups in total. The van der Waals surface area contributed by atoms with Crippen molar-refractivity contribution in [2.24, 2.45) is 0 Å². The van der Waals surface area contributed by atoms with E-state index in [0.29, 0.717) is 33.5 Å². The molecule has 0 radical (unpaired) electrons. The molecular formula is C22H19ClN2O4. The van der Waals surface area contributed by atoms with E-state index in [9.17, 15) is 9.59 Å². The Hall–Kier alpha value is -3.51. The van der Waals surface area contributed by atoms with Crippen molar-refractivity contribution in [1.82, 2.24) is 0 Å². The van der Waals surface area contributed by atoms with Crippen molar-refractivity contribution in [3.63, 3.8) is 0 Å². The van der Waals surface area contributed by atoms with Crippen LogP contribution in [0.25, 0.3) is 0 Å². The van der Waals surface area contributed by atoms with E-state index >= 15 is 0 Å². The lowest BCUT2D eigenvalue weighted by molar-refractivity contribution is -0.118. The molecule has 0 atom stereocenters. The van der Waals surface area contributed by atoms with Gasteiger partial charge in [-0.1, -0.05) is 23.7 Å². The summed E-state index contributed by atoms with van der Waals surface area (Å²) in [7, 11) is 1.56. The second-order valence-corrected chi connectivity index (χ2v) is 6.49. The molecular weight excluding hydrogens is 392 g/mol. The van der Waals surface area contributed by atoms with Crippen LogP contribution in [0, 0.1) is 0 Å². The second-order valence-electron chi connectivity index (χ2n) is 6.06. The maximum absolute atomic E-state index is 12.3. The first kappa shape index (κ1) is 20.2. The summed E-state index contributed by atoms with van der Waals surface area (Å²) in [6, 6.07) is 20.4. The predicted octanol–water partition coefficient (Wildman–Crippen LogP) is 4.62. The van der Waals surface area contributed by atoms with E-state index < -0.39 is 0 Å². The van der Waals surface area contributed by atoms with Crippen molar-refractivity contribution in [2.45, 2.75) is 0 Å². The molecule has 0 saturated carbocycles. The van der Waals surface area contributed by atoms with Crippen molar-refractivity contribution >= 4 is 34.8 Å². The molecule has 0 aromatic heterocycles. The molecule has 148 valence electrons. The molecule has 0 unspecified atom stereocenters. The lowest BCUT2D eigenvalue weighted by Gasteiger charge is -2.09. The Balaban J connectivity index is 1.52. The summed E-state index contributed by atoms with van der Waals surface area (Å²) in [5, 5.41) is 6.04. The molecule has 3 aromatic carbocycles. The molecule has 0 aliphatic heterocycles. The monoisotopic (exact) mass is 410 g/mol. The zero-order valence-corrected chi connectivity index (χ0v) is 16.4. The van der Waals surface area contributed by atoms with Crippen molar-refractivity contribution in [3.8, 4) is 11.5 Å². The first-order valence-electron chi connectivity index (χ1n) is 8.77. The summed E-state index contributed by atoms with van der Waals surface area (Å²) in [6.07, 6.45) is 0. The van der Waals surface area contributed by atoms with Gasteiger partial charge in [0.25, 0.3) is 11.8 Å². The smallest absolute Gasteiger partial charge is 0.262 e. The minimum Gasteiger partial charge on any atom is -0.497 e. The fraction of sp³-hybridized carbons (Fsp3) is 0.0909. The predicted molar refractivity (Wildman–Crippen MR) is 113 cm³/mol. The van der Waals surface area contributed by atoms with Gasteiger partial charge < -0.3 is 20.1 Å². The van der Waals surface area contributed by atoms with Crippen LogP contribution < -0.4 is 20.1 Å². The molecule has 7 heteroatoms. The van der Waals surface area contributed by atoms with Crippen molar-refractivity contribution in [1.29, 1.82) is 0 Å². The van der Waals surface area contributed by atoms with Crippen molar-refractivity contribution in [2.75, 3.05) is 24.4 Å². The van der Waals surface area contributed by atoms with Crippen LogP contribution in [-0.4, -0.2) is 25.5 Å². The zero-order chi connectivity index (χ0) is 20.6. The zero-order valence-electron chi connectivity index (χ0n) is 15.6. The van der Waals surface area contributed by atoms with E-state index in [1.54, 1.807) is 79.9 Å². The van der Waals surface area contributed by atoms with Gasteiger partial charge in [0.05, 0.1) is 7.11 Å². The van der Waals surface area contributed by atoms with Gasteiger partial charge >= 0.3 is 0 Å². The summed E-state index contributed by atoms with van der Waals surface area (Å²) in [5.74, 6) is 0.552. The van der Waals surface area contributed by atoms with Crippen LogP contribution in [0.5, 0.6) is 11.5 Å². The quantitative estimate of drug-likeness (QED) is 0.596. The van der Waals surface area contributed by atoms with E-state index in [2.05, 4.69) is 10.6 Å². The van der Waals surface area contributed by atoms with Crippen molar-refractivity contribution < 1.29 is 19.1 Å². The van der Waals surface area contributed by atoms with Crippen LogP contribution in [-0.2, 0) is 4.79 Å². The molecule has 0 aliphatic carbocycles. The molecule has 0 bridgehead atoms. The number of halogens is 1. The minimum absolute atomic E-state index is 0.161. The third-order valence-electron chi connectivity index (χ3n) is 3.92. The fourth-order valence-corrected chi connectivity index (χ4v) is 2.71. The van der Waals surface area contributed by atoms with Gasteiger partial charge in [0.1, 0.15) is 11.5 Å². The molecule has 29 heavy (non-hydrogen) atoms. The Morgan fingerprint density at radius 3 is 2.24 bits per heavy atom. The number of methoxy groups -OCH3 is 1. The maximum Gasteiger partial charge on any atom is 0.262 e. The standard InChI is InChI=1S/C22H19ClN2O4/c1-28-20-7-3-6-18(13-20)24-21(26)14-29-19-10-8-15(9-11-19)22(27)25-17-5-2-4-16(23)12-17/h2-13H,14H2,1H3,(H,24,26)(H,25,27). The Morgan fingerprint density at radius 1 is 0.862 bits per heavy atom. The number of hydrogen-bond acceptors (Lipinski definition) is 4. The van der Waals surface area contributed by atoms with Crippen LogP contribution in [0.2, 0.25) is 5.02 Å². The highest BCUT2D eigenvalue weighted by Gasteiger charge is 2.08. The molecule has 6 nitrogen and oxygen atoms in total. The summed E-state index contributed by atoms with van der Waals surface area (Å²) in [5.41, 5.74) is 1.68. The van der Waals surface area contributed by atoms with Gasteiger partial charge in [0.2, 0.25) is 0 Å². The molecule has 0 fully saturated rings. The topological polar surface area (TPSA) is 76.7 Å². The number of carbonyl (C=O) groups excluding carboxylic acids is 2. The highest BCUT2D eigenvalue weighted by Crippen LogP contribution is 2.18. The Kier molecular flexibility index (Phi) is 6.71. The molecule has 3 rings (SSSR count). The SMILES string of the molecule is COc1cccc(NC(=O)COc2ccc(C(=O)Nc3cccc(Cl)c3)cc2)c1. The third kappa shape index (κ3) is 5.99. The first-order chi connectivity index (χ1) is 14.0. The Morgan fingerprint density at radius 2 is 1.55 bits per heavy atom. The molecule has 0 spiro atoms. The molecule has 3 aromatic rings. The van der Waals surface area contributed by atoms with Gasteiger partial charge in [-0.25, -0.2) is 0 Å². The first-order valence-corrected chi connectivity index (χ1v) is 9.15. The number of anilines is 2. The van der Waals surface area contributed by atoms with Gasteiger partial charge in [-0.2, -0.15) is 0 Å². The van der Waals surface area contributed by atoms with Crippen LogP contribution >= 0.6 is 11.6 Å². The molecule has 2 amide bonds. The average molecular weight is 411 g/mol.